The summed E-state index contributed by atoms with van der Waals surface area (Å²) in [4.78, 5) is 23.2. The van der Waals surface area contributed by atoms with Crippen molar-refractivity contribution in [2.75, 3.05) is 6.26 Å². The fraction of sp³-hybridized carbons (Fsp3) is 0.143. The van der Waals surface area contributed by atoms with Crippen molar-refractivity contribution in [3.63, 3.8) is 0 Å². The van der Waals surface area contributed by atoms with Crippen molar-refractivity contribution in [3.05, 3.63) is 76.6 Å². The highest BCUT2D eigenvalue weighted by Gasteiger charge is 2.37. The van der Waals surface area contributed by atoms with Crippen LogP contribution in [0.3, 0.4) is 0 Å². The molecule has 3 aromatic carbocycles. The fourth-order valence-corrected chi connectivity index (χ4v) is 4.12. The minimum absolute atomic E-state index is 0.0832. The Bertz CT molecular complexity index is 1330. The third-order valence-corrected chi connectivity index (χ3v) is 5.68. The molecule has 0 aliphatic carbocycles. The van der Waals surface area contributed by atoms with Crippen molar-refractivity contribution in [3.8, 4) is 0 Å². The zero-order valence-electron chi connectivity index (χ0n) is 15.8. The van der Waals surface area contributed by atoms with E-state index in [1.54, 1.807) is 0 Å². The summed E-state index contributed by atoms with van der Waals surface area (Å²) in [6.07, 6.45) is -4.90. The topological polar surface area (TPSA) is 88.5 Å². The molecule has 31 heavy (non-hydrogen) atoms. The van der Waals surface area contributed by atoms with Crippen molar-refractivity contribution in [2.45, 2.75) is 17.5 Å². The number of carbonyl (C=O) groups is 2. The second-order valence-electron chi connectivity index (χ2n) is 6.89. The first-order chi connectivity index (χ1) is 14.3. The predicted molar refractivity (Wildman–Crippen MR) is 103 cm³/mol. The lowest BCUT2D eigenvalue weighted by molar-refractivity contribution is -0.140. The number of carbonyl (C=O) groups excluding carboxylic acids is 1. The minimum Gasteiger partial charge on any atom is -0.481 e. The molecular weight excluding hydrogens is 440 g/mol. The maximum Gasteiger partial charge on any atom is 0.417 e. The van der Waals surface area contributed by atoms with Crippen LogP contribution in [0.15, 0.2) is 53.4 Å². The van der Waals surface area contributed by atoms with Crippen LogP contribution in [0.2, 0.25) is 0 Å². The van der Waals surface area contributed by atoms with Gasteiger partial charge in [0, 0.05) is 17.4 Å². The Labute approximate surface area is 173 Å². The molecule has 0 bridgehead atoms. The molecule has 1 N–H and O–H groups in total. The van der Waals surface area contributed by atoms with Gasteiger partial charge in [-0.3, -0.25) is 9.59 Å². The number of fused-ring (bicyclic) bond motifs is 1. The number of halogens is 4. The summed E-state index contributed by atoms with van der Waals surface area (Å²) in [5, 5.41) is 9.44. The minimum atomic E-state index is -5.05. The van der Waals surface area contributed by atoms with Crippen LogP contribution in [0, 0.1) is 5.82 Å². The van der Waals surface area contributed by atoms with Crippen LogP contribution in [0.4, 0.5) is 17.6 Å². The number of hydrogen-bond acceptors (Lipinski definition) is 4. The van der Waals surface area contributed by atoms with Crippen LogP contribution >= 0.6 is 0 Å². The summed E-state index contributed by atoms with van der Waals surface area (Å²) in [5.74, 6) is -2.83. The van der Waals surface area contributed by atoms with E-state index in [1.165, 1.54) is 18.2 Å². The van der Waals surface area contributed by atoms with Gasteiger partial charge < -0.3 is 5.11 Å². The Hall–Kier alpha value is -3.27. The van der Waals surface area contributed by atoms with Gasteiger partial charge in [0.1, 0.15) is 5.82 Å². The summed E-state index contributed by atoms with van der Waals surface area (Å²) in [7, 11) is -4.23. The van der Waals surface area contributed by atoms with Gasteiger partial charge in [-0.1, -0.05) is 12.1 Å². The largest absolute Gasteiger partial charge is 0.481 e. The van der Waals surface area contributed by atoms with Crippen LogP contribution < -0.4 is 0 Å². The van der Waals surface area contributed by atoms with Gasteiger partial charge in [0.05, 0.1) is 16.9 Å². The third kappa shape index (κ3) is 4.74. The van der Waals surface area contributed by atoms with Gasteiger partial charge in [0.25, 0.3) is 0 Å². The summed E-state index contributed by atoms with van der Waals surface area (Å²) >= 11 is 0. The first-order valence-electron chi connectivity index (χ1n) is 8.67. The zero-order valence-corrected chi connectivity index (χ0v) is 16.6. The zero-order chi connectivity index (χ0) is 23.1. The maximum atomic E-state index is 13.8. The number of sulfone groups is 1. The van der Waals surface area contributed by atoms with E-state index >= 15 is 0 Å². The van der Waals surface area contributed by atoms with Crippen molar-refractivity contribution in [1.82, 2.24) is 0 Å². The van der Waals surface area contributed by atoms with E-state index in [4.69, 9.17) is 5.11 Å². The van der Waals surface area contributed by atoms with E-state index in [0.717, 1.165) is 18.2 Å². The fourth-order valence-electron chi connectivity index (χ4n) is 3.23. The lowest BCUT2D eigenvalue weighted by Crippen LogP contribution is -2.15. The molecule has 3 aromatic rings. The monoisotopic (exact) mass is 454 g/mol. The number of aliphatic carboxylic acids is 1. The Morgan fingerprint density at radius 2 is 1.68 bits per heavy atom. The summed E-state index contributed by atoms with van der Waals surface area (Å²) in [6, 6.07) is 8.10. The van der Waals surface area contributed by atoms with Gasteiger partial charge in [-0.05, 0) is 52.7 Å². The number of alkyl halides is 3. The molecule has 0 saturated carbocycles. The highest BCUT2D eigenvalue weighted by molar-refractivity contribution is 7.90. The lowest BCUT2D eigenvalue weighted by Gasteiger charge is -2.14. The Balaban J connectivity index is 2.25. The number of hydrogen-bond donors (Lipinski definition) is 1. The lowest BCUT2D eigenvalue weighted by atomic mass is 9.93. The molecular formula is C21H14F4O5S. The number of carboxylic acids is 1. The van der Waals surface area contributed by atoms with Gasteiger partial charge in [-0.2, -0.15) is 13.2 Å². The van der Waals surface area contributed by atoms with Gasteiger partial charge >= 0.3 is 12.1 Å². The molecule has 0 radical (unpaired) electrons. The van der Waals surface area contributed by atoms with Crippen LogP contribution in [0.1, 0.15) is 27.0 Å². The van der Waals surface area contributed by atoms with E-state index in [9.17, 15) is 35.6 Å². The number of carboxylic acid groups (broad SMARTS) is 1. The van der Waals surface area contributed by atoms with Crippen LogP contribution in [0.25, 0.3) is 10.8 Å². The molecule has 0 spiro atoms. The standard InChI is InChI=1S/C21H14F4O5S/c1-31(29,30)18-5-3-13(9-17(18)21(23,24)25)20(28)16-7-11(8-19(26)27)6-12-2-4-14(22)10-15(12)16/h2-7,9-10H,8H2,1H3,(H,26,27). The first kappa shape index (κ1) is 22.4. The van der Waals surface area contributed by atoms with Crippen LogP contribution in [-0.2, 0) is 27.2 Å². The predicted octanol–water partition coefficient (Wildman–Crippen LogP) is 4.26. The molecule has 0 amide bonds. The Morgan fingerprint density at radius 3 is 2.26 bits per heavy atom. The highest BCUT2D eigenvalue weighted by atomic mass is 32.2. The quantitative estimate of drug-likeness (QED) is 0.460. The Morgan fingerprint density at radius 1 is 1.00 bits per heavy atom. The second-order valence-corrected chi connectivity index (χ2v) is 8.87. The highest BCUT2D eigenvalue weighted by Crippen LogP contribution is 2.35. The summed E-state index contributed by atoms with van der Waals surface area (Å²) in [6.45, 7) is 0. The van der Waals surface area contributed by atoms with E-state index in [0.29, 0.717) is 23.8 Å². The Kier molecular flexibility index (Phi) is 5.62. The van der Waals surface area contributed by atoms with Gasteiger partial charge in [-0.15, -0.1) is 0 Å². The molecule has 3 rings (SSSR count). The molecule has 10 heteroatoms. The normalized spacial score (nSPS) is 12.2. The maximum absolute atomic E-state index is 13.8. The van der Waals surface area contributed by atoms with Gasteiger partial charge in [0.15, 0.2) is 15.6 Å². The molecule has 5 nitrogen and oxygen atoms in total. The third-order valence-electron chi connectivity index (χ3n) is 4.52. The van der Waals surface area contributed by atoms with Crippen molar-refractivity contribution in [2.24, 2.45) is 0 Å². The van der Waals surface area contributed by atoms with Crippen molar-refractivity contribution < 1.29 is 40.7 Å². The molecule has 162 valence electrons. The van der Waals surface area contributed by atoms with E-state index < -0.39 is 56.0 Å². The summed E-state index contributed by atoms with van der Waals surface area (Å²) < 4.78 is 77.6. The van der Waals surface area contributed by atoms with E-state index in [1.807, 2.05) is 0 Å². The van der Waals surface area contributed by atoms with Crippen LogP contribution in [-0.4, -0.2) is 31.5 Å². The number of benzene rings is 3. The van der Waals surface area contributed by atoms with E-state index in [2.05, 4.69) is 0 Å². The molecule has 0 unspecified atom stereocenters. The average molecular weight is 454 g/mol. The number of ketones is 1. The molecule has 0 aliphatic heterocycles. The van der Waals surface area contributed by atoms with Gasteiger partial charge in [0.2, 0.25) is 0 Å². The number of rotatable bonds is 5. The molecule has 0 heterocycles. The molecule has 0 aliphatic rings. The smallest absolute Gasteiger partial charge is 0.417 e. The molecule has 0 atom stereocenters. The van der Waals surface area contributed by atoms with Gasteiger partial charge in [-0.25, -0.2) is 12.8 Å². The average Bonchev–Trinajstić information content (AvgIpc) is 2.64. The molecule has 0 saturated heterocycles. The van der Waals surface area contributed by atoms with E-state index in [-0.39, 0.29) is 16.5 Å². The molecule has 0 aromatic heterocycles. The summed E-state index contributed by atoms with van der Waals surface area (Å²) in [5.41, 5.74) is -1.98. The first-order valence-corrected chi connectivity index (χ1v) is 10.6. The van der Waals surface area contributed by atoms with Crippen LogP contribution in [0.5, 0.6) is 0 Å². The van der Waals surface area contributed by atoms with Crippen molar-refractivity contribution >= 4 is 32.4 Å². The van der Waals surface area contributed by atoms with Crippen molar-refractivity contribution in [1.29, 1.82) is 0 Å². The second kappa shape index (κ2) is 7.77. The SMILES string of the molecule is CS(=O)(=O)c1ccc(C(=O)c2cc(CC(=O)O)cc3ccc(F)cc23)cc1C(F)(F)F. The molecule has 0 fully saturated rings.